The van der Waals surface area contributed by atoms with Gasteiger partial charge in [0.25, 0.3) is 10.0 Å². The van der Waals surface area contributed by atoms with Crippen molar-refractivity contribution >= 4 is 21.4 Å². The van der Waals surface area contributed by atoms with E-state index in [1.54, 1.807) is 18.2 Å². The molecule has 0 bridgehead atoms. The summed E-state index contributed by atoms with van der Waals surface area (Å²) in [5.74, 6) is 0. The highest BCUT2D eigenvalue weighted by molar-refractivity contribution is 7.91. The van der Waals surface area contributed by atoms with Crippen molar-refractivity contribution in [1.82, 2.24) is 4.72 Å². The third-order valence-corrected chi connectivity index (χ3v) is 6.13. The number of benzene rings is 1. The van der Waals surface area contributed by atoms with E-state index in [0.717, 1.165) is 16.9 Å². The molecule has 1 aromatic heterocycles. The third kappa shape index (κ3) is 3.46. The monoisotopic (exact) mass is 311 g/mol. The number of rotatable bonds is 6. The first-order chi connectivity index (χ1) is 9.56. The molecule has 0 unspecified atom stereocenters. The van der Waals surface area contributed by atoms with Gasteiger partial charge >= 0.3 is 0 Å². The first-order valence-electron chi connectivity index (χ1n) is 6.33. The molecule has 6 heteroatoms. The molecular formula is C14H17NO3S2. The molecule has 20 heavy (non-hydrogen) atoms. The van der Waals surface area contributed by atoms with Gasteiger partial charge in [-0.1, -0.05) is 37.3 Å². The van der Waals surface area contributed by atoms with Crippen LogP contribution in [0.15, 0.2) is 46.7 Å². The molecule has 108 valence electrons. The quantitative estimate of drug-likeness (QED) is 0.860. The number of hydrogen-bond acceptors (Lipinski definition) is 4. The summed E-state index contributed by atoms with van der Waals surface area (Å²) in [5, 5.41) is 9.42. The van der Waals surface area contributed by atoms with Crippen molar-refractivity contribution in [3.05, 3.63) is 52.9 Å². The zero-order valence-electron chi connectivity index (χ0n) is 11.1. The summed E-state index contributed by atoms with van der Waals surface area (Å²) >= 11 is 1.26. The summed E-state index contributed by atoms with van der Waals surface area (Å²) in [4.78, 5) is 1.02. The number of aliphatic hydroxyl groups is 1. The first-order valence-corrected chi connectivity index (χ1v) is 8.63. The van der Waals surface area contributed by atoms with E-state index in [1.807, 2.05) is 31.2 Å². The first kappa shape index (κ1) is 15.2. The normalized spacial score (nSPS) is 13.3. The predicted molar refractivity (Wildman–Crippen MR) is 80.3 cm³/mol. The van der Waals surface area contributed by atoms with E-state index in [9.17, 15) is 13.5 Å². The SMILES string of the molecule is CCc1ccc(S(=O)(=O)N[C@H](CO)c2ccccc2)s1. The topological polar surface area (TPSA) is 66.4 Å². The van der Waals surface area contributed by atoms with Crippen LogP contribution < -0.4 is 4.72 Å². The van der Waals surface area contributed by atoms with Gasteiger partial charge in [0.2, 0.25) is 0 Å². The zero-order chi connectivity index (χ0) is 14.6. The molecule has 1 aromatic carbocycles. The largest absolute Gasteiger partial charge is 0.394 e. The highest BCUT2D eigenvalue weighted by atomic mass is 32.2. The molecule has 0 saturated carbocycles. The number of hydrogen-bond donors (Lipinski definition) is 2. The lowest BCUT2D eigenvalue weighted by Crippen LogP contribution is -2.30. The lowest BCUT2D eigenvalue weighted by Gasteiger charge is -2.16. The lowest BCUT2D eigenvalue weighted by atomic mass is 10.1. The zero-order valence-corrected chi connectivity index (χ0v) is 12.7. The van der Waals surface area contributed by atoms with Gasteiger partial charge in [-0.25, -0.2) is 13.1 Å². The molecule has 1 atom stereocenters. The van der Waals surface area contributed by atoms with E-state index < -0.39 is 16.1 Å². The molecule has 0 aliphatic heterocycles. The molecule has 0 spiro atoms. The van der Waals surface area contributed by atoms with Gasteiger partial charge in [-0.05, 0) is 24.1 Å². The Labute approximate surface area is 123 Å². The van der Waals surface area contributed by atoms with Gasteiger partial charge in [0.05, 0.1) is 12.6 Å². The Morgan fingerprint density at radius 3 is 2.45 bits per heavy atom. The molecule has 2 rings (SSSR count). The van der Waals surface area contributed by atoms with Gasteiger partial charge in [-0.3, -0.25) is 0 Å². The van der Waals surface area contributed by atoms with Crippen molar-refractivity contribution in [2.75, 3.05) is 6.61 Å². The average Bonchev–Trinajstić information content (AvgIpc) is 2.95. The minimum atomic E-state index is -3.60. The standard InChI is InChI=1S/C14H17NO3S2/c1-2-12-8-9-14(19-12)20(17,18)15-13(10-16)11-6-4-3-5-7-11/h3-9,13,15-16H,2,10H2,1H3/t13-/m1/s1. The second-order valence-electron chi connectivity index (χ2n) is 4.34. The van der Waals surface area contributed by atoms with Crippen molar-refractivity contribution < 1.29 is 13.5 Å². The van der Waals surface area contributed by atoms with Crippen molar-refractivity contribution in [2.24, 2.45) is 0 Å². The van der Waals surface area contributed by atoms with Gasteiger partial charge < -0.3 is 5.11 Å². The molecule has 0 aliphatic carbocycles. The van der Waals surface area contributed by atoms with Crippen molar-refractivity contribution in [1.29, 1.82) is 0 Å². The Bertz CT molecular complexity index is 650. The van der Waals surface area contributed by atoms with Crippen LogP contribution >= 0.6 is 11.3 Å². The Balaban J connectivity index is 2.22. The van der Waals surface area contributed by atoms with Gasteiger partial charge in [-0.15, -0.1) is 11.3 Å². The fraction of sp³-hybridized carbons (Fsp3) is 0.286. The summed E-state index contributed by atoms with van der Waals surface area (Å²) in [7, 11) is -3.60. The Hall–Kier alpha value is -1.21. The van der Waals surface area contributed by atoms with Crippen LogP contribution in [-0.4, -0.2) is 20.1 Å². The number of aryl methyl sites for hydroxylation is 1. The average molecular weight is 311 g/mol. The van der Waals surface area contributed by atoms with Gasteiger partial charge in [-0.2, -0.15) is 0 Å². The Morgan fingerprint density at radius 2 is 1.90 bits per heavy atom. The molecule has 0 aliphatic rings. The summed E-state index contributed by atoms with van der Waals surface area (Å²) in [6.45, 7) is 1.70. The van der Waals surface area contributed by atoms with Crippen LogP contribution in [0.2, 0.25) is 0 Å². The summed E-state index contributed by atoms with van der Waals surface area (Å²) < 4.78 is 27.4. The van der Waals surface area contributed by atoms with Crippen molar-refractivity contribution in [3.8, 4) is 0 Å². The van der Waals surface area contributed by atoms with Crippen molar-refractivity contribution in [2.45, 2.75) is 23.6 Å². The van der Waals surface area contributed by atoms with Crippen LogP contribution in [0, 0.1) is 0 Å². The molecule has 1 heterocycles. The maximum atomic E-state index is 12.3. The van der Waals surface area contributed by atoms with E-state index in [2.05, 4.69) is 4.72 Å². The molecule has 0 radical (unpaired) electrons. The van der Waals surface area contributed by atoms with Crippen LogP contribution in [0.4, 0.5) is 0 Å². The number of thiophene rings is 1. The van der Waals surface area contributed by atoms with Gasteiger partial charge in [0, 0.05) is 4.88 Å². The Morgan fingerprint density at radius 1 is 1.20 bits per heavy atom. The second kappa shape index (κ2) is 6.49. The van der Waals surface area contributed by atoms with E-state index in [0.29, 0.717) is 0 Å². The van der Waals surface area contributed by atoms with Gasteiger partial charge in [0.1, 0.15) is 4.21 Å². The minimum Gasteiger partial charge on any atom is -0.394 e. The molecule has 0 amide bonds. The highest BCUT2D eigenvalue weighted by Gasteiger charge is 2.22. The number of aliphatic hydroxyl groups excluding tert-OH is 1. The van der Waals surface area contributed by atoms with E-state index in [4.69, 9.17) is 0 Å². The molecule has 2 aromatic rings. The van der Waals surface area contributed by atoms with E-state index in [1.165, 1.54) is 11.3 Å². The molecular weight excluding hydrogens is 294 g/mol. The highest BCUT2D eigenvalue weighted by Crippen LogP contribution is 2.24. The predicted octanol–water partition coefficient (Wildman–Crippen LogP) is 2.32. The Kier molecular flexibility index (Phi) is 4.93. The minimum absolute atomic E-state index is 0.281. The molecule has 0 fully saturated rings. The maximum Gasteiger partial charge on any atom is 0.250 e. The smallest absolute Gasteiger partial charge is 0.250 e. The van der Waals surface area contributed by atoms with Crippen LogP contribution in [0.3, 0.4) is 0 Å². The van der Waals surface area contributed by atoms with Crippen molar-refractivity contribution in [3.63, 3.8) is 0 Å². The van der Waals surface area contributed by atoms with Crippen LogP contribution in [0.5, 0.6) is 0 Å². The summed E-state index contributed by atoms with van der Waals surface area (Å²) in [6.07, 6.45) is 0.808. The fourth-order valence-electron chi connectivity index (χ4n) is 1.83. The fourth-order valence-corrected chi connectivity index (χ4v) is 4.36. The summed E-state index contributed by atoms with van der Waals surface area (Å²) in [6, 6.07) is 11.8. The summed E-state index contributed by atoms with van der Waals surface area (Å²) in [5.41, 5.74) is 0.742. The maximum absolute atomic E-state index is 12.3. The number of sulfonamides is 1. The van der Waals surface area contributed by atoms with Gasteiger partial charge in [0.15, 0.2) is 0 Å². The van der Waals surface area contributed by atoms with Crippen LogP contribution in [0.1, 0.15) is 23.4 Å². The lowest BCUT2D eigenvalue weighted by molar-refractivity contribution is 0.259. The molecule has 2 N–H and O–H groups in total. The van der Waals surface area contributed by atoms with E-state index >= 15 is 0 Å². The molecule has 4 nitrogen and oxygen atoms in total. The van der Waals surface area contributed by atoms with Crippen LogP contribution in [0.25, 0.3) is 0 Å². The molecule has 0 saturated heterocycles. The van der Waals surface area contributed by atoms with E-state index in [-0.39, 0.29) is 10.8 Å². The third-order valence-electron chi connectivity index (χ3n) is 2.93. The van der Waals surface area contributed by atoms with Crippen LogP contribution in [-0.2, 0) is 16.4 Å². The second-order valence-corrected chi connectivity index (χ2v) is 7.45. The number of nitrogens with one attached hydrogen (secondary N) is 1.